The Morgan fingerprint density at radius 2 is 1.88 bits per heavy atom. The van der Waals surface area contributed by atoms with Crippen LogP contribution in [-0.2, 0) is 0 Å². The average Bonchev–Trinajstić information content (AvgIpc) is 2.37. The molecule has 0 fully saturated rings. The van der Waals surface area contributed by atoms with Crippen LogP contribution in [0, 0.1) is 0 Å². The number of benzene rings is 1. The highest BCUT2D eigenvalue weighted by atomic mass is 16.3. The highest BCUT2D eigenvalue weighted by Crippen LogP contribution is 2.11. The summed E-state index contributed by atoms with van der Waals surface area (Å²) in [4.78, 5) is 0. The third kappa shape index (κ3) is 5.85. The molecule has 0 radical (unpaired) electrons. The molecule has 2 nitrogen and oxygen atoms in total. The van der Waals surface area contributed by atoms with E-state index in [0.29, 0.717) is 12.6 Å². The summed E-state index contributed by atoms with van der Waals surface area (Å²) in [6.07, 6.45) is 4.62. The Labute approximate surface area is 105 Å². The Morgan fingerprint density at radius 3 is 2.53 bits per heavy atom. The molecule has 17 heavy (non-hydrogen) atoms. The summed E-state index contributed by atoms with van der Waals surface area (Å²) in [5.74, 6) is 0. The van der Waals surface area contributed by atoms with Gasteiger partial charge in [0, 0.05) is 12.6 Å². The molecule has 0 aromatic heterocycles. The molecule has 0 amide bonds. The van der Waals surface area contributed by atoms with E-state index in [9.17, 15) is 5.11 Å². The van der Waals surface area contributed by atoms with E-state index in [2.05, 4.69) is 19.2 Å². The molecule has 96 valence electrons. The molecule has 1 aromatic carbocycles. The van der Waals surface area contributed by atoms with E-state index in [4.69, 9.17) is 0 Å². The molecule has 2 unspecified atom stereocenters. The van der Waals surface area contributed by atoms with Gasteiger partial charge in [-0.05, 0) is 18.9 Å². The fourth-order valence-corrected chi connectivity index (χ4v) is 1.91. The first-order valence-electron chi connectivity index (χ1n) is 6.70. The van der Waals surface area contributed by atoms with Crippen molar-refractivity contribution in [1.82, 2.24) is 5.32 Å². The highest BCUT2D eigenvalue weighted by molar-refractivity contribution is 5.17. The van der Waals surface area contributed by atoms with Crippen LogP contribution in [0.3, 0.4) is 0 Å². The molecule has 0 aliphatic rings. The van der Waals surface area contributed by atoms with Gasteiger partial charge in [-0.3, -0.25) is 0 Å². The van der Waals surface area contributed by atoms with E-state index in [1.165, 1.54) is 25.7 Å². The zero-order chi connectivity index (χ0) is 12.5. The lowest BCUT2D eigenvalue weighted by molar-refractivity contribution is 0.170. The van der Waals surface area contributed by atoms with Crippen molar-refractivity contribution in [3.8, 4) is 0 Å². The minimum Gasteiger partial charge on any atom is -0.387 e. The normalized spacial score (nSPS) is 14.5. The quantitative estimate of drug-likeness (QED) is 0.678. The maximum atomic E-state index is 9.98. The van der Waals surface area contributed by atoms with Gasteiger partial charge in [0.1, 0.15) is 0 Å². The van der Waals surface area contributed by atoms with Crippen LogP contribution in [0.15, 0.2) is 30.3 Å². The van der Waals surface area contributed by atoms with Gasteiger partial charge in [-0.25, -0.2) is 0 Å². The van der Waals surface area contributed by atoms with Crippen LogP contribution >= 0.6 is 0 Å². The third-order valence-electron chi connectivity index (χ3n) is 3.08. The van der Waals surface area contributed by atoms with Crippen molar-refractivity contribution in [3.05, 3.63) is 35.9 Å². The SMILES string of the molecule is CCCCCC(C)NCC(O)c1ccccc1. The number of rotatable bonds is 8. The summed E-state index contributed by atoms with van der Waals surface area (Å²) in [6, 6.07) is 10.3. The van der Waals surface area contributed by atoms with Crippen LogP contribution in [0.5, 0.6) is 0 Å². The maximum Gasteiger partial charge on any atom is 0.0914 e. The number of hydrogen-bond donors (Lipinski definition) is 2. The molecular weight excluding hydrogens is 210 g/mol. The lowest BCUT2D eigenvalue weighted by atomic mass is 10.1. The number of aliphatic hydroxyl groups excluding tert-OH is 1. The fraction of sp³-hybridized carbons (Fsp3) is 0.600. The number of unbranched alkanes of at least 4 members (excludes halogenated alkanes) is 2. The lowest BCUT2D eigenvalue weighted by Gasteiger charge is -2.17. The number of hydrogen-bond acceptors (Lipinski definition) is 2. The Balaban J connectivity index is 2.21. The minimum atomic E-state index is -0.398. The molecule has 0 aliphatic carbocycles. The Kier molecular flexibility index (Phi) is 6.90. The van der Waals surface area contributed by atoms with E-state index in [0.717, 1.165) is 5.56 Å². The van der Waals surface area contributed by atoms with E-state index in [1.54, 1.807) is 0 Å². The van der Waals surface area contributed by atoms with Gasteiger partial charge in [-0.2, -0.15) is 0 Å². The first-order chi connectivity index (χ1) is 8.24. The Morgan fingerprint density at radius 1 is 1.18 bits per heavy atom. The molecule has 0 saturated heterocycles. The van der Waals surface area contributed by atoms with Gasteiger partial charge in [-0.1, -0.05) is 56.5 Å². The first-order valence-corrected chi connectivity index (χ1v) is 6.70. The molecule has 2 atom stereocenters. The van der Waals surface area contributed by atoms with Gasteiger partial charge >= 0.3 is 0 Å². The summed E-state index contributed by atoms with van der Waals surface area (Å²) >= 11 is 0. The van der Waals surface area contributed by atoms with Gasteiger partial charge in [0.05, 0.1) is 6.10 Å². The summed E-state index contributed by atoms with van der Waals surface area (Å²) in [7, 11) is 0. The lowest BCUT2D eigenvalue weighted by Crippen LogP contribution is -2.30. The molecule has 1 aromatic rings. The molecule has 0 aliphatic heterocycles. The van der Waals surface area contributed by atoms with Crippen LogP contribution in [0.4, 0.5) is 0 Å². The topological polar surface area (TPSA) is 32.3 Å². The Hall–Kier alpha value is -0.860. The average molecular weight is 235 g/mol. The van der Waals surface area contributed by atoms with Gasteiger partial charge < -0.3 is 10.4 Å². The molecular formula is C15H25NO. The van der Waals surface area contributed by atoms with Crippen molar-refractivity contribution in [3.63, 3.8) is 0 Å². The molecule has 0 bridgehead atoms. The second-order valence-corrected chi connectivity index (χ2v) is 4.73. The van der Waals surface area contributed by atoms with Crippen LogP contribution in [0.2, 0.25) is 0 Å². The van der Waals surface area contributed by atoms with Crippen molar-refractivity contribution in [2.75, 3.05) is 6.54 Å². The van der Waals surface area contributed by atoms with Gasteiger partial charge in [0.2, 0.25) is 0 Å². The number of nitrogens with one attached hydrogen (secondary N) is 1. The second-order valence-electron chi connectivity index (χ2n) is 4.73. The van der Waals surface area contributed by atoms with Gasteiger partial charge in [0.15, 0.2) is 0 Å². The molecule has 1 rings (SSSR count). The van der Waals surface area contributed by atoms with E-state index in [-0.39, 0.29) is 0 Å². The summed E-state index contributed by atoms with van der Waals surface area (Å²) in [5.41, 5.74) is 0.987. The summed E-state index contributed by atoms with van der Waals surface area (Å²) in [5, 5.41) is 13.4. The molecule has 0 heterocycles. The zero-order valence-corrected chi connectivity index (χ0v) is 11.0. The maximum absolute atomic E-state index is 9.98. The van der Waals surface area contributed by atoms with E-state index in [1.807, 2.05) is 30.3 Å². The predicted molar refractivity (Wildman–Crippen MR) is 73.0 cm³/mol. The van der Waals surface area contributed by atoms with Crippen LogP contribution in [-0.4, -0.2) is 17.7 Å². The van der Waals surface area contributed by atoms with Crippen molar-refractivity contribution in [1.29, 1.82) is 0 Å². The van der Waals surface area contributed by atoms with Crippen LogP contribution in [0.25, 0.3) is 0 Å². The molecule has 2 heteroatoms. The highest BCUT2D eigenvalue weighted by Gasteiger charge is 2.08. The monoisotopic (exact) mass is 235 g/mol. The molecule has 0 spiro atoms. The molecule has 0 saturated carbocycles. The van der Waals surface area contributed by atoms with Crippen molar-refractivity contribution in [2.24, 2.45) is 0 Å². The van der Waals surface area contributed by atoms with E-state index < -0.39 is 6.10 Å². The zero-order valence-electron chi connectivity index (χ0n) is 11.0. The minimum absolute atomic E-state index is 0.398. The Bertz CT molecular complexity index is 286. The van der Waals surface area contributed by atoms with Crippen LogP contribution < -0.4 is 5.32 Å². The fourth-order valence-electron chi connectivity index (χ4n) is 1.91. The predicted octanol–water partition coefficient (Wildman–Crippen LogP) is 3.28. The van der Waals surface area contributed by atoms with Crippen LogP contribution in [0.1, 0.15) is 51.2 Å². The third-order valence-corrected chi connectivity index (χ3v) is 3.08. The largest absolute Gasteiger partial charge is 0.387 e. The number of aliphatic hydroxyl groups is 1. The van der Waals surface area contributed by atoms with Crippen molar-refractivity contribution < 1.29 is 5.11 Å². The first kappa shape index (κ1) is 14.2. The van der Waals surface area contributed by atoms with Gasteiger partial charge in [0.25, 0.3) is 0 Å². The molecule has 2 N–H and O–H groups in total. The standard InChI is InChI=1S/C15H25NO/c1-3-4-6-9-13(2)16-12-15(17)14-10-7-5-8-11-14/h5,7-8,10-11,13,15-17H,3-4,6,9,12H2,1-2H3. The van der Waals surface area contributed by atoms with Gasteiger partial charge in [-0.15, -0.1) is 0 Å². The second kappa shape index (κ2) is 8.26. The summed E-state index contributed by atoms with van der Waals surface area (Å²) < 4.78 is 0. The summed E-state index contributed by atoms with van der Waals surface area (Å²) in [6.45, 7) is 5.04. The smallest absolute Gasteiger partial charge is 0.0914 e. The van der Waals surface area contributed by atoms with E-state index >= 15 is 0 Å². The van der Waals surface area contributed by atoms with Crippen molar-refractivity contribution >= 4 is 0 Å². The van der Waals surface area contributed by atoms with Crippen molar-refractivity contribution in [2.45, 2.75) is 51.7 Å².